The van der Waals surface area contributed by atoms with Crippen LogP contribution in [0.1, 0.15) is 41.4 Å². The molecule has 0 aliphatic carbocycles. The molecule has 5 heteroatoms. The molecule has 0 aliphatic rings. The first-order chi connectivity index (χ1) is 13.0. The van der Waals surface area contributed by atoms with Crippen molar-refractivity contribution >= 4 is 11.8 Å². The Morgan fingerprint density at radius 2 is 1.56 bits per heavy atom. The smallest absolute Gasteiger partial charge is 0.251 e. The zero-order valence-corrected chi connectivity index (χ0v) is 16.6. The van der Waals surface area contributed by atoms with Crippen LogP contribution in [0.5, 0.6) is 0 Å². The SMILES string of the molecule is CCN(CC)C(=O)[C@@H](c1ccccc1)N(C)Cc1ccc(C(=O)NC)cc1. The van der Waals surface area contributed by atoms with Gasteiger partial charge in [0.25, 0.3) is 5.91 Å². The van der Waals surface area contributed by atoms with E-state index >= 15 is 0 Å². The minimum Gasteiger partial charge on any atom is -0.355 e. The molecule has 0 aliphatic heterocycles. The zero-order valence-electron chi connectivity index (χ0n) is 16.6. The van der Waals surface area contributed by atoms with Crippen LogP contribution in [0.2, 0.25) is 0 Å². The molecular weight excluding hydrogens is 338 g/mol. The number of nitrogens with one attached hydrogen (secondary N) is 1. The molecule has 2 aromatic rings. The van der Waals surface area contributed by atoms with Crippen molar-refractivity contribution in [2.45, 2.75) is 26.4 Å². The van der Waals surface area contributed by atoms with E-state index in [0.29, 0.717) is 25.2 Å². The molecule has 0 saturated carbocycles. The molecule has 5 nitrogen and oxygen atoms in total. The molecule has 1 N–H and O–H groups in total. The van der Waals surface area contributed by atoms with Gasteiger partial charge in [0.1, 0.15) is 6.04 Å². The number of benzene rings is 2. The fraction of sp³-hybridized carbons (Fsp3) is 0.364. The fourth-order valence-corrected chi connectivity index (χ4v) is 3.21. The Labute approximate surface area is 162 Å². The Morgan fingerprint density at radius 1 is 0.963 bits per heavy atom. The second kappa shape index (κ2) is 9.88. The van der Waals surface area contributed by atoms with Crippen molar-refractivity contribution in [3.05, 3.63) is 71.3 Å². The van der Waals surface area contributed by atoms with Crippen LogP contribution in [0.3, 0.4) is 0 Å². The van der Waals surface area contributed by atoms with Gasteiger partial charge in [-0.3, -0.25) is 14.5 Å². The third-order valence-corrected chi connectivity index (χ3v) is 4.74. The summed E-state index contributed by atoms with van der Waals surface area (Å²) in [4.78, 5) is 28.8. The Hall–Kier alpha value is -2.66. The summed E-state index contributed by atoms with van der Waals surface area (Å²) in [5.41, 5.74) is 2.67. The average Bonchev–Trinajstić information content (AvgIpc) is 2.70. The second-order valence-electron chi connectivity index (χ2n) is 6.51. The Morgan fingerprint density at radius 3 is 2.07 bits per heavy atom. The molecule has 144 valence electrons. The number of amides is 2. The Kier molecular flexibility index (Phi) is 7.55. The third-order valence-electron chi connectivity index (χ3n) is 4.74. The number of hydrogen-bond acceptors (Lipinski definition) is 3. The Bertz CT molecular complexity index is 740. The molecule has 0 bridgehead atoms. The van der Waals surface area contributed by atoms with E-state index in [1.807, 2.05) is 80.4 Å². The van der Waals surface area contributed by atoms with E-state index in [-0.39, 0.29) is 17.9 Å². The standard InChI is InChI=1S/C22H29N3O2/c1-5-25(6-2)22(27)20(18-10-8-7-9-11-18)24(4)16-17-12-14-19(15-13-17)21(26)23-3/h7-15,20H,5-6,16H2,1-4H3,(H,23,26)/t20-/m1/s1. The maximum Gasteiger partial charge on any atom is 0.251 e. The van der Waals surface area contributed by atoms with Crippen LogP contribution in [0.4, 0.5) is 0 Å². The lowest BCUT2D eigenvalue weighted by Gasteiger charge is -2.32. The molecule has 2 aromatic carbocycles. The summed E-state index contributed by atoms with van der Waals surface area (Å²) in [5, 5.41) is 2.62. The molecule has 0 aromatic heterocycles. The largest absolute Gasteiger partial charge is 0.355 e. The molecule has 27 heavy (non-hydrogen) atoms. The number of hydrogen-bond donors (Lipinski definition) is 1. The zero-order chi connectivity index (χ0) is 19.8. The molecule has 1 atom stereocenters. The minimum atomic E-state index is -0.343. The van der Waals surface area contributed by atoms with Gasteiger partial charge in [-0.05, 0) is 44.2 Å². The van der Waals surface area contributed by atoms with Crippen molar-refractivity contribution in [1.29, 1.82) is 0 Å². The first kappa shape index (κ1) is 20.6. The number of likely N-dealkylation sites (N-methyl/N-ethyl adjacent to an activating group) is 2. The van der Waals surface area contributed by atoms with Crippen LogP contribution in [-0.2, 0) is 11.3 Å². The van der Waals surface area contributed by atoms with Crippen molar-refractivity contribution in [3.8, 4) is 0 Å². The lowest BCUT2D eigenvalue weighted by molar-refractivity contribution is -0.136. The summed E-state index contributed by atoms with van der Waals surface area (Å²) < 4.78 is 0. The second-order valence-corrected chi connectivity index (χ2v) is 6.51. The number of rotatable bonds is 8. The van der Waals surface area contributed by atoms with E-state index in [0.717, 1.165) is 11.1 Å². The lowest BCUT2D eigenvalue weighted by Crippen LogP contribution is -2.41. The van der Waals surface area contributed by atoms with Gasteiger partial charge >= 0.3 is 0 Å². The van der Waals surface area contributed by atoms with Gasteiger partial charge in [0.05, 0.1) is 0 Å². The van der Waals surface area contributed by atoms with Crippen LogP contribution < -0.4 is 5.32 Å². The van der Waals surface area contributed by atoms with Gasteiger partial charge in [-0.2, -0.15) is 0 Å². The highest BCUT2D eigenvalue weighted by Crippen LogP contribution is 2.24. The van der Waals surface area contributed by atoms with E-state index in [1.54, 1.807) is 7.05 Å². The van der Waals surface area contributed by atoms with E-state index in [2.05, 4.69) is 10.2 Å². The van der Waals surface area contributed by atoms with Crippen molar-refractivity contribution < 1.29 is 9.59 Å². The van der Waals surface area contributed by atoms with Crippen LogP contribution in [-0.4, -0.2) is 48.8 Å². The normalized spacial score (nSPS) is 11.9. The molecule has 0 radical (unpaired) electrons. The van der Waals surface area contributed by atoms with Gasteiger partial charge in [0.15, 0.2) is 0 Å². The van der Waals surface area contributed by atoms with E-state index in [9.17, 15) is 9.59 Å². The topological polar surface area (TPSA) is 52.7 Å². The van der Waals surface area contributed by atoms with Gasteiger partial charge in [-0.1, -0.05) is 42.5 Å². The van der Waals surface area contributed by atoms with E-state index < -0.39 is 0 Å². The molecule has 2 amide bonds. The highest BCUT2D eigenvalue weighted by molar-refractivity contribution is 5.93. The van der Waals surface area contributed by atoms with Gasteiger partial charge in [-0.25, -0.2) is 0 Å². The Balaban J connectivity index is 2.24. The summed E-state index contributed by atoms with van der Waals surface area (Å²) in [6.45, 7) is 5.99. The summed E-state index contributed by atoms with van der Waals surface area (Å²) >= 11 is 0. The van der Waals surface area contributed by atoms with Crippen LogP contribution in [0.15, 0.2) is 54.6 Å². The molecule has 2 rings (SSSR count). The van der Waals surface area contributed by atoms with Crippen LogP contribution >= 0.6 is 0 Å². The monoisotopic (exact) mass is 367 g/mol. The van der Waals surface area contributed by atoms with Gasteiger partial charge in [0, 0.05) is 32.2 Å². The molecule has 0 heterocycles. The van der Waals surface area contributed by atoms with Crippen LogP contribution in [0, 0.1) is 0 Å². The van der Waals surface area contributed by atoms with Crippen molar-refractivity contribution in [3.63, 3.8) is 0 Å². The predicted molar refractivity (Wildman–Crippen MR) is 108 cm³/mol. The van der Waals surface area contributed by atoms with Gasteiger partial charge in [0.2, 0.25) is 5.91 Å². The fourth-order valence-electron chi connectivity index (χ4n) is 3.21. The van der Waals surface area contributed by atoms with E-state index in [4.69, 9.17) is 0 Å². The quantitative estimate of drug-likeness (QED) is 0.780. The molecule has 0 fully saturated rings. The minimum absolute atomic E-state index is 0.103. The lowest BCUT2D eigenvalue weighted by atomic mass is 10.0. The first-order valence-electron chi connectivity index (χ1n) is 9.36. The van der Waals surface area contributed by atoms with Crippen molar-refractivity contribution in [2.24, 2.45) is 0 Å². The van der Waals surface area contributed by atoms with Gasteiger partial charge < -0.3 is 10.2 Å². The summed E-state index contributed by atoms with van der Waals surface area (Å²) in [6, 6.07) is 17.0. The van der Waals surface area contributed by atoms with Crippen LogP contribution in [0.25, 0.3) is 0 Å². The highest BCUT2D eigenvalue weighted by atomic mass is 16.2. The predicted octanol–water partition coefficient (Wildman–Crippen LogP) is 3.09. The number of carbonyl (C=O) groups is 2. The summed E-state index contributed by atoms with van der Waals surface area (Å²) in [7, 11) is 3.58. The summed E-state index contributed by atoms with van der Waals surface area (Å²) in [5.74, 6) is 0.00413. The van der Waals surface area contributed by atoms with Crippen molar-refractivity contribution in [2.75, 3.05) is 27.2 Å². The maximum atomic E-state index is 13.2. The molecule has 0 saturated heterocycles. The third kappa shape index (κ3) is 5.17. The van der Waals surface area contributed by atoms with Gasteiger partial charge in [-0.15, -0.1) is 0 Å². The highest BCUT2D eigenvalue weighted by Gasteiger charge is 2.28. The first-order valence-corrected chi connectivity index (χ1v) is 9.36. The summed E-state index contributed by atoms with van der Waals surface area (Å²) in [6.07, 6.45) is 0. The molecule has 0 spiro atoms. The maximum absolute atomic E-state index is 13.2. The molecule has 0 unspecified atom stereocenters. The van der Waals surface area contributed by atoms with Crippen molar-refractivity contribution in [1.82, 2.24) is 15.1 Å². The average molecular weight is 367 g/mol. The number of carbonyl (C=O) groups excluding carboxylic acids is 2. The number of nitrogens with zero attached hydrogens (tertiary/aromatic N) is 2. The molecular formula is C22H29N3O2. The van der Waals surface area contributed by atoms with E-state index in [1.165, 1.54) is 0 Å².